The summed E-state index contributed by atoms with van der Waals surface area (Å²) in [5.41, 5.74) is 4.53. The van der Waals surface area contributed by atoms with E-state index in [1.165, 1.54) is 17.7 Å². The minimum atomic E-state index is -0.236. The van der Waals surface area contributed by atoms with Crippen LogP contribution in [0, 0.1) is 12.7 Å². The molecule has 1 aliphatic carbocycles. The average Bonchev–Trinajstić information content (AvgIpc) is 3.57. The number of amides is 1. The van der Waals surface area contributed by atoms with Gasteiger partial charge in [-0.1, -0.05) is 22.9 Å². The van der Waals surface area contributed by atoms with Crippen molar-refractivity contribution in [2.75, 3.05) is 31.1 Å². The molecular weight excluding hydrogens is 393 g/mol. The van der Waals surface area contributed by atoms with E-state index in [2.05, 4.69) is 22.1 Å². The van der Waals surface area contributed by atoms with Crippen LogP contribution in [0.4, 0.5) is 10.1 Å². The molecule has 5 rings (SSSR count). The molecule has 3 aromatic rings. The van der Waals surface area contributed by atoms with Crippen molar-refractivity contribution >= 4 is 11.6 Å². The van der Waals surface area contributed by atoms with Gasteiger partial charge in [-0.05, 0) is 62.6 Å². The molecule has 1 saturated carbocycles. The number of hydrogen-bond donors (Lipinski definition) is 0. The molecule has 160 valence electrons. The van der Waals surface area contributed by atoms with Gasteiger partial charge in [-0.15, -0.1) is 5.10 Å². The summed E-state index contributed by atoms with van der Waals surface area (Å²) in [7, 11) is 0. The number of hydrogen-bond acceptors (Lipinski definition) is 4. The molecule has 2 aromatic carbocycles. The zero-order valence-corrected chi connectivity index (χ0v) is 17.7. The van der Waals surface area contributed by atoms with Crippen molar-refractivity contribution in [3.8, 4) is 5.69 Å². The van der Waals surface area contributed by atoms with E-state index in [-0.39, 0.29) is 11.7 Å². The van der Waals surface area contributed by atoms with Gasteiger partial charge in [-0.25, -0.2) is 9.07 Å². The second-order valence-electron chi connectivity index (χ2n) is 8.45. The van der Waals surface area contributed by atoms with E-state index in [4.69, 9.17) is 0 Å². The number of carbonyl (C=O) groups is 1. The van der Waals surface area contributed by atoms with Crippen LogP contribution in [-0.2, 0) is 0 Å². The Bertz CT molecular complexity index is 1070. The Labute approximate surface area is 181 Å². The lowest BCUT2D eigenvalue weighted by Gasteiger charge is -2.23. The van der Waals surface area contributed by atoms with Crippen molar-refractivity contribution in [3.05, 3.63) is 71.3 Å². The smallest absolute Gasteiger partial charge is 0.276 e. The Morgan fingerprint density at radius 1 is 0.935 bits per heavy atom. The van der Waals surface area contributed by atoms with E-state index in [0.717, 1.165) is 42.9 Å². The topological polar surface area (TPSA) is 54.3 Å². The predicted molar refractivity (Wildman–Crippen MR) is 117 cm³/mol. The fourth-order valence-electron chi connectivity index (χ4n) is 4.22. The van der Waals surface area contributed by atoms with Gasteiger partial charge in [-0.3, -0.25) is 4.79 Å². The lowest BCUT2D eigenvalue weighted by molar-refractivity contribution is 0.0760. The van der Waals surface area contributed by atoms with E-state index < -0.39 is 0 Å². The van der Waals surface area contributed by atoms with Gasteiger partial charge in [0.25, 0.3) is 5.91 Å². The minimum absolute atomic E-state index is 0.0405. The van der Waals surface area contributed by atoms with Crippen LogP contribution in [-0.4, -0.2) is 52.0 Å². The summed E-state index contributed by atoms with van der Waals surface area (Å²) < 4.78 is 15.1. The molecule has 0 unspecified atom stereocenters. The monoisotopic (exact) mass is 419 g/mol. The van der Waals surface area contributed by atoms with Crippen LogP contribution in [0.3, 0.4) is 0 Å². The first kappa shape index (κ1) is 19.7. The lowest BCUT2D eigenvalue weighted by Crippen LogP contribution is -2.36. The first-order valence-corrected chi connectivity index (χ1v) is 10.9. The van der Waals surface area contributed by atoms with Crippen molar-refractivity contribution in [2.45, 2.75) is 32.1 Å². The van der Waals surface area contributed by atoms with Crippen LogP contribution in [0.15, 0.2) is 48.5 Å². The maximum absolute atomic E-state index is 13.4. The van der Waals surface area contributed by atoms with E-state index in [1.807, 2.05) is 33.8 Å². The summed E-state index contributed by atoms with van der Waals surface area (Å²) in [5, 5.41) is 8.70. The zero-order valence-electron chi connectivity index (χ0n) is 17.7. The second kappa shape index (κ2) is 8.13. The summed E-state index contributed by atoms with van der Waals surface area (Å²) in [6.07, 6.45) is 2.99. The largest absolute Gasteiger partial charge is 0.370 e. The molecule has 0 radical (unpaired) electrons. The third-order valence-corrected chi connectivity index (χ3v) is 6.13. The maximum atomic E-state index is 13.4. The van der Waals surface area contributed by atoms with Crippen molar-refractivity contribution < 1.29 is 9.18 Å². The molecular formula is C24H26FN5O. The van der Waals surface area contributed by atoms with Crippen LogP contribution in [0.1, 0.15) is 46.9 Å². The molecule has 2 heterocycles. The first-order chi connectivity index (χ1) is 15.1. The fourth-order valence-corrected chi connectivity index (χ4v) is 4.22. The molecule has 0 N–H and O–H groups in total. The summed E-state index contributed by atoms with van der Waals surface area (Å²) in [6, 6.07) is 14.7. The van der Waals surface area contributed by atoms with Gasteiger partial charge < -0.3 is 9.80 Å². The van der Waals surface area contributed by atoms with E-state index in [1.54, 1.807) is 12.1 Å². The molecule has 1 amide bonds. The minimum Gasteiger partial charge on any atom is -0.370 e. The fraction of sp³-hybridized carbons (Fsp3) is 0.375. The lowest BCUT2D eigenvalue weighted by atomic mass is 10.1. The highest BCUT2D eigenvalue weighted by atomic mass is 19.1. The van der Waals surface area contributed by atoms with Gasteiger partial charge in [0.05, 0.1) is 11.4 Å². The number of nitrogens with zero attached hydrogens (tertiary/aromatic N) is 5. The van der Waals surface area contributed by atoms with Gasteiger partial charge in [0.2, 0.25) is 0 Å². The predicted octanol–water partition coefficient (Wildman–Crippen LogP) is 3.94. The molecule has 1 saturated heterocycles. The zero-order chi connectivity index (χ0) is 21.4. The number of aromatic nitrogens is 3. The Balaban J connectivity index is 1.36. The highest BCUT2D eigenvalue weighted by Gasteiger charge is 2.36. The van der Waals surface area contributed by atoms with E-state index in [0.29, 0.717) is 31.2 Å². The summed E-state index contributed by atoms with van der Waals surface area (Å²) in [6.45, 7) is 4.88. The molecule has 0 atom stereocenters. The highest BCUT2D eigenvalue weighted by Crippen LogP contribution is 2.42. The highest BCUT2D eigenvalue weighted by molar-refractivity contribution is 5.93. The molecule has 2 aliphatic rings. The van der Waals surface area contributed by atoms with Crippen LogP contribution >= 0.6 is 0 Å². The average molecular weight is 420 g/mol. The molecule has 0 spiro atoms. The SMILES string of the molecule is Cc1ccc(-n2nnc(C(=O)N3CCCN(c4ccc(F)cc4)CC3)c2C2CC2)cc1. The first-order valence-electron chi connectivity index (χ1n) is 10.9. The molecule has 2 fully saturated rings. The van der Waals surface area contributed by atoms with E-state index in [9.17, 15) is 9.18 Å². The van der Waals surface area contributed by atoms with Crippen molar-refractivity contribution in [1.29, 1.82) is 0 Å². The maximum Gasteiger partial charge on any atom is 0.276 e. The third kappa shape index (κ3) is 4.04. The molecule has 6 nitrogen and oxygen atoms in total. The van der Waals surface area contributed by atoms with Crippen molar-refractivity contribution in [3.63, 3.8) is 0 Å². The molecule has 7 heteroatoms. The molecule has 1 aliphatic heterocycles. The van der Waals surface area contributed by atoms with Gasteiger partial charge in [-0.2, -0.15) is 0 Å². The van der Waals surface area contributed by atoms with Gasteiger partial charge in [0, 0.05) is 37.8 Å². The van der Waals surface area contributed by atoms with Crippen LogP contribution in [0.5, 0.6) is 0 Å². The quantitative estimate of drug-likeness (QED) is 0.643. The van der Waals surface area contributed by atoms with Crippen LogP contribution < -0.4 is 4.90 Å². The number of anilines is 1. The van der Waals surface area contributed by atoms with E-state index >= 15 is 0 Å². The number of carbonyl (C=O) groups excluding carboxylic acids is 1. The van der Waals surface area contributed by atoms with Crippen molar-refractivity contribution in [2.24, 2.45) is 0 Å². The third-order valence-electron chi connectivity index (χ3n) is 6.13. The second-order valence-corrected chi connectivity index (χ2v) is 8.45. The summed E-state index contributed by atoms with van der Waals surface area (Å²) in [5.74, 6) is 0.0683. The van der Waals surface area contributed by atoms with Crippen LogP contribution in [0.2, 0.25) is 0 Å². The van der Waals surface area contributed by atoms with Crippen molar-refractivity contribution in [1.82, 2.24) is 19.9 Å². The molecule has 0 bridgehead atoms. The summed E-state index contributed by atoms with van der Waals surface area (Å²) in [4.78, 5) is 17.5. The number of halogens is 1. The summed E-state index contributed by atoms with van der Waals surface area (Å²) >= 11 is 0. The number of aryl methyl sites for hydroxylation is 1. The standard InChI is InChI=1S/C24H26FN5O/c1-17-3-9-21(10-4-17)30-23(18-5-6-18)22(26-27-30)24(31)29-14-2-13-28(15-16-29)20-11-7-19(25)8-12-20/h3-4,7-12,18H,2,5-6,13-16H2,1H3. The normalized spacial score (nSPS) is 17.0. The Hall–Kier alpha value is -3.22. The Kier molecular flexibility index (Phi) is 5.18. The number of benzene rings is 2. The van der Waals surface area contributed by atoms with Gasteiger partial charge in [0.1, 0.15) is 5.82 Å². The molecule has 31 heavy (non-hydrogen) atoms. The number of rotatable bonds is 4. The Morgan fingerprint density at radius 3 is 2.35 bits per heavy atom. The van der Waals surface area contributed by atoms with Gasteiger partial charge >= 0.3 is 0 Å². The Morgan fingerprint density at radius 2 is 1.65 bits per heavy atom. The molecule has 1 aromatic heterocycles. The van der Waals surface area contributed by atoms with Crippen LogP contribution in [0.25, 0.3) is 5.69 Å². The van der Waals surface area contributed by atoms with Gasteiger partial charge in [0.15, 0.2) is 5.69 Å².